The predicted octanol–water partition coefficient (Wildman–Crippen LogP) is 2.35. The molecule has 1 aliphatic heterocycles. The molecule has 130 valence electrons. The zero-order chi connectivity index (χ0) is 17.2. The van der Waals surface area contributed by atoms with Gasteiger partial charge in [-0.15, -0.1) is 10.2 Å². The first kappa shape index (κ1) is 16.9. The summed E-state index contributed by atoms with van der Waals surface area (Å²) in [5, 5.41) is 7.88. The molecule has 0 N–H and O–H groups in total. The van der Waals surface area contributed by atoms with E-state index in [1.807, 2.05) is 6.92 Å². The van der Waals surface area contributed by atoms with E-state index in [0.29, 0.717) is 50.1 Å². The molecule has 1 aromatic carbocycles. The van der Waals surface area contributed by atoms with E-state index in [0.717, 1.165) is 0 Å². The molecule has 0 bridgehead atoms. The molecule has 24 heavy (non-hydrogen) atoms. The Bertz CT molecular complexity index is 778. The molecule has 0 amide bonds. The molecule has 0 radical (unpaired) electrons. The van der Waals surface area contributed by atoms with Crippen LogP contribution >= 0.6 is 0 Å². The van der Waals surface area contributed by atoms with Crippen LogP contribution in [0.25, 0.3) is 0 Å². The number of nitrogens with zero attached hydrogens (tertiary/aromatic N) is 3. The van der Waals surface area contributed by atoms with Gasteiger partial charge in [-0.05, 0) is 44.0 Å². The number of aromatic nitrogens is 2. The smallest absolute Gasteiger partial charge is 0.243 e. The minimum atomic E-state index is -3.48. The highest BCUT2D eigenvalue weighted by molar-refractivity contribution is 7.89. The number of hydrogen-bond donors (Lipinski definition) is 0. The summed E-state index contributed by atoms with van der Waals surface area (Å²) < 4.78 is 37.8. The molecular formula is C16H21N3O4S. The highest BCUT2D eigenvalue weighted by Crippen LogP contribution is 2.30. The minimum absolute atomic E-state index is 0.123. The summed E-state index contributed by atoms with van der Waals surface area (Å²) in [6, 6.07) is 6.55. The Labute approximate surface area is 141 Å². The van der Waals surface area contributed by atoms with Gasteiger partial charge < -0.3 is 9.15 Å². The fourth-order valence-corrected chi connectivity index (χ4v) is 4.31. The summed E-state index contributed by atoms with van der Waals surface area (Å²) in [5.41, 5.74) is 0. The van der Waals surface area contributed by atoms with E-state index in [1.165, 1.54) is 4.31 Å². The van der Waals surface area contributed by atoms with Gasteiger partial charge in [-0.2, -0.15) is 4.31 Å². The fraction of sp³-hybridized carbons (Fsp3) is 0.500. The van der Waals surface area contributed by atoms with Crippen molar-refractivity contribution in [2.45, 2.75) is 37.5 Å². The van der Waals surface area contributed by atoms with Crippen molar-refractivity contribution in [2.75, 3.05) is 19.7 Å². The summed E-state index contributed by atoms with van der Waals surface area (Å²) in [6.07, 6.45) is 1.36. The van der Waals surface area contributed by atoms with E-state index < -0.39 is 10.0 Å². The second-order valence-electron chi connectivity index (χ2n) is 5.74. The van der Waals surface area contributed by atoms with Crippen LogP contribution in [0, 0.1) is 6.92 Å². The van der Waals surface area contributed by atoms with Crippen LogP contribution in [-0.2, 0) is 10.0 Å². The summed E-state index contributed by atoms with van der Waals surface area (Å²) in [7, 11) is -3.48. The number of piperidine rings is 1. The molecule has 1 aromatic heterocycles. The van der Waals surface area contributed by atoms with Gasteiger partial charge in [0.2, 0.25) is 21.8 Å². The maximum absolute atomic E-state index is 12.7. The second-order valence-corrected chi connectivity index (χ2v) is 7.68. The number of hydrogen-bond acceptors (Lipinski definition) is 6. The number of rotatable bonds is 5. The molecule has 1 fully saturated rings. The van der Waals surface area contributed by atoms with Gasteiger partial charge in [0, 0.05) is 25.9 Å². The van der Waals surface area contributed by atoms with Crippen LogP contribution in [-0.4, -0.2) is 42.6 Å². The van der Waals surface area contributed by atoms with Crippen LogP contribution in [0.1, 0.15) is 37.5 Å². The Hall–Kier alpha value is -1.93. The third-order valence-electron chi connectivity index (χ3n) is 4.12. The third-order valence-corrected chi connectivity index (χ3v) is 6.03. The summed E-state index contributed by atoms with van der Waals surface area (Å²) >= 11 is 0. The highest BCUT2D eigenvalue weighted by Gasteiger charge is 2.31. The van der Waals surface area contributed by atoms with E-state index in [-0.39, 0.29) is 10.8 Å². The molecule has 0 spiro atoms. The molecule has 8 heteroatoms. The maximum Gasteiger partial charge on any atom is 0.243 e. The van der Waals surface area contributed by atoms with Gasteiger partial charge in [-0.1, -0.05) is 0 Å². The molecule has 3 rings (SSSR count). The second kappa shape index (κ2) is 6.90. The molecule has 2 heterocycles. The molecular weight excluding hydrogens is 330 g/mol. The van der Waals surface area contributed by atoms with Crippen molar-refractivity contribution < 1.29 is 17.6 Å². The molecule has 0 unspecified atom stereocenters. The monoisotopic (exact) mass is 351 g/mol. The lowest BCUT2D eigenvalue weighted by Crippen LogP contribution is -2.37. The molecule has 0 saturated carbocycles. The van der Waals surface area contributed by atoms with E-state index in [2.05, 4.69) is 10.2 Å². The molecule has 7 nitrogen and oxygen atoms in total. The lowest BCUT2D eigenvalue weighted by atomic mass is 9.98. The molecule has 1 saturated heterocycles. The first-order valence-corrected chi connectivity index (χ1v) is 9.47. The van der Waals surface area contributed by atoms with E-state index in [4.69, 9.17) is 9.15 Å². The number of sulfonamides is 1. The van der Waals surface area contributed by atoms with Crippen molar-refractivity contribution in [3.8, 4) is 5.75 Å². The Morgan fingerprint density at radius 1 is 1.21 bits per heavy atom. The van der Waals surface area contributed by atoms with Crippen molar-refractivity contribution in [3.63, 3.8) is 0 Å². The number of ether oxygens (including phenoxy) is 1. The lowest BCUT2D eigenvalue weighted by molar-refractivity contribution is 0.287. The Morgan fingerprint density at radius 2 is 1.88 bits per heavy atom. The fourth-order valence-electron chi connectivity index (χ4n) is 2.84. The minimum Gasteiger partial charge on any atom is -0.494 e. The quantitative estimate of drug-likeness (QED) is 0.822. The zero-order valence-corrected chi connectivity index (χ0v) is 14.6. The first-order chi connectivity index (χ1) is 11.5. The van der Waals surface area contributed by atoms with Crippen LogP contribution < -0.4 is 4.74 Å². The third kappa shape index (κ3) is 3.44. The average molecular weight is 351 g/mol. The summed E-state index contributed by atoms with van der Waals surface area (Å²) in [6.45, 7) is 5.08. The topological polar surface area (TPSA) is 85.5 Å². The van der Waals surface area contributed by atoms with Gasteiger partial charge in [0.05, 0.1) is 11.5 Å². The van der Waals surface area contributed by atoms with Crippen molar-refractivity contribution in [3.05, 3.63) is 36.0 Å². The first-order valence-electron chi connectivity index (χ1n) is 8.03. The van der Waals surface area contributed by atoms with Crippen LogP contribution in [0.15, 0.2) is 33.6 Å². The van der Waals surface area contributed by atoms with Gasteiger partial charge in [0.25, 0.3) is 0 Å². The molecule has 1 aliphatic rings. The average Bonchev–Trinajstić information content (AvgIpc) is 3.02. The van der Waals surface area contributed by atoms with Crippen molar-refractivity contribution in [1.82, 2.24) is 14.5 Å². The Kier molecular flexibility index (Phi) is 4.86. The van der Waals surface area contributed by atoms with Gasteiger partial charge in [-0.3, -0.25) is 0 Å². The van der Waals surface area contributed by atoms with E-state index in [9.17, 15) is 8.42 Å². The number of aryl methyl sites for hydroxylation is 1. The van der Waals surface area contributed by atoms with Crippen LogP contribution in [0.3, 0.4) is 0 Å². The van der Waals surface area contributed by atoms with Gasteiger partial charge in [0.1, 0.15) is 5.75 Å². The number of benzene rings is 1. The van der Waals surface area contributed by atoms with Gasteiger partial charge in [0.15, 0.2) is 0 Å². The van der Waals surface area contributed by atoms with Gasteiger partial charge >= 0.3 is 0 Å². The van der Waals surface area contributed by atoms with E-state index >= 15 is 0 Å². The molecule has 0 aliphatic carbocycles. The summed E-state index contributed by atoms with van der Waals surface area (Å²) in [4.78, 5) is 0.290. The Morgan fingerprint density at radius 3 is 2.42 bits per heavy atom. The zero-order valence-electron chi connectivity index (χ0n) is 13.8. The standard InChI is InChI=1S/C16H21N3O4S/c1-3-22-14-4-6-15(7-5-14)24(20,21)19-10-8-13(9-11-19)16-18-17-12(2)23-16/h4-7,13H,3,8-11H2,1-2H3. The normalized spacial score (nSPS) is 17.1. The predicted molar refractivity (Wildman–Crippen MR) is 87.4 cm³/mol. The van der Waals surface area contributed by atoms with Crippen molar-refractivity contribution >= 4 is 10.0 Å². The Balaban J connectivity index is 1.68. The van der Waals surface area contributed by atoms with Crippen molar-refractivity contribution in [1.29, 1.82) is 0 Å². The van der Waals surface area contributed by atoms with Gasteiger partial charge in [-0.25, -0.2) is 8.42 Å². The SMILES string of the molecule is CCOc1ccc(S(=O)(=O)N2CCC(c3nnc(C)o3)CC2)cc1. The lowest BCUT2D eigenvalue weighted by Gasteiger charge is -2.29. The van der Waals surface area contributed by atoms with Crippen LogP contribution in [0.2, 0.25) is 0 Å². The van der Waals surface area contributed by atoms with Crippen LogP contribution in [0.4, 0.5) is 0 Å². The molecule has 2 aromatic rings. The molecule has 0 atom stereocenters. The largest absolute Gasteiger partial charge is 0.494 e. The summed E-state index contributed by atoms with van der Waals surface area (Å²) in [5.74, 6) is 1.93. The van der Waals surface area contributed by atoms with Crippen LogP contribution in [0.5, 0.6) is 5.75 Å². The highest BCUT2D eigenvalue weighted by atomic mass is 32.2. The van der Waals surface area contributed by atoms with E-state index in [1.54, 1.807) is 31.2 Å². The van der Waals surface area contributed by atoms with Crippen molar-refractivity contribution in [2.24, 2.45) is 0 Å². The maximum atomic E-state index is 12.7.